The summed E-state index contributed by atoms with van der Waals surface area (Å²) in [5.74, 6) is -2.58. The third kappa shape index (κ3) is 13.8. The zero-order valence-electron chi connectivity index (χ0n) is 63.5. The number of nitrogens with zero attached hydrogens (tertiary/aromatic N) is 4. The van der Waals surface area contributed by atoms with Gasteiger partial charge in [0.15, 0.2) is 12.1 Å². The van der Waals surface area contributed by atoms with Crippen LogP contribution in [0.3, 0.4) is 0 Å². The summed E-state index contributed by atoms with van der Waals surface area (Å²) in [7, 11) is 0. The van der Waals surface area contributed by atoms with Crippen LogP contribution in [0.25, 0.3) is 43.1 Å². The Bertz CT molecular complexity index is 5730. The molecule has 2 saturated heterocycles. The van der Waals surface area contributed by atoms with E-state index in [0.717, 1.165) is 54.6 Å². The quantitative estimate of drug-likeness (QED) is 0.0224. The largest absolute Gasteiger partial charge is 0.457 e. The van der Waals surface area contributed by atoms with Crippen LogP contribution in [0.4, 0.5) is 22.7 Å². The number of nitrogens with one attached hydrogen (secondary N) is 2. The first kappa shape index (κ1) is 72.7. The highest BCUT2D eigenvalue weighted by Crippen LogP contribution is 2.59. The summed E-state index contributed by atoms with van der Waals surface area (Å²) in [5.41, 5.74) is 7.99. The fourth-order valence-corrected chi connectivity index (χ4v) is 17.3. The molecule has 18 nitrogen and oxygen atoms in total. The average molecular weight is 1570 g/mol. The number of carbonyl (C=O) groups is 6. The average Bonchev–Trinajstić information content (AvgIpc) is 1.58. The molecule has 20 heteroatoms. The summed E-state index contributed by atoms with van der Waals surface area (Å²) < 4.78 is 40.4. The second kappa shape index (κ2) is 30.1. The van der Waals surface area contributed by atoms with Gasteiger partial charge < -0.3 is 48.9 Å². The van der Waals surface area contributed by atoms with Gasteiger partial charge in [-0.15, -0.1) is 22.7 Å². The van der Waals surface area contributed by atoms with E-state index in [-0.39, 0.29) is 92.1 Å². The van der Waals surface area contributed by atoms with Crippen molar-refractivity contribution in [2.45, 2.75) is 65.1 Å². The molecule has 4 unspecified atom stereocenters. The highest BCUT2D eigenvalue weighted by Gasteiger charge is 2.49. The van der Waals surface area contributed by atoms with E-state index in [1.54, 1.807) is 58.3 Å². The molecule has 0 saturated carbocycles. The molecule has 0 aliphatic carbocycles. The van der Waals surface area contributed by atoms with Gasteiger partial charge in [0.2, 0.25) is 0 Å². The summed E-state index contributed by atoms with van der Waals surface area (Å²) in [6, 6.07) is 74.3. The fraction of sp³-hybridized carbons (Fsp3) is 0.146. The van der Waals surface area contributed by atoms with E-state index in [1.807, 2.05) is 245 Å². The Balaban J connectivity index is 0.878. The van der Waals surface area contributed by atoms with E-state index < -0.39 is 47.5 Å². The van der Waals surface area contributed by atoms with Gasteiger partial charge in [0.1, 0.15) is 46.0 Å². The number of hydrogen-bond acceptors (Lipinski definition) is 16. The predicted molar refractivity (Wildman–Crippen MR) is 452 cm³/mol. The molecular formula is C96H74N6O12S2. The molecule has 4 atom stereocenters. The number of thiophene rings is 2. The molecule has 4 aliphatic rings. The number of epoxide rings is 2. The second-order valence-electron chi connectivity index (χ2n) is 29.7. The molecule has 0 bridgehead atoms. The van der Waals surface area contributed by atoms with Gasteiger partial charge in [-0.3, -0.25) is 38.6 Å². The van der Waals surface area contributed by atoms with Crippen LogP contribution in [0.15, 0.2) is 266 Å². The Kier molecular flexibility index (Phi) is 18.9. The van der Waals surface area contributed by atoms with Gasteiger partial charge in [0, 0.05) is 88.7 Å². The third-order valence-corrected chi connectivity index (χ3v) is 23.5. The van der Waals surface area contributed by atoms with E-state index in [9.17, 15) is 0 Å². The third-order valence-electron chi connectivity index (χ3n) is 21.7. The van der Waals surface area contributed by atoms with Crippen LogP contribution in [0.2, 0.25) is 0 Å². The van der Waals surface area contributed by atoms with Crippen LogP contribution in [0.5, 0.6) is 46.0 Å². The van der Waals surface area contributed by atoms with Gasteiger partial charge in [-0.2, -0.15) is 0 Å². The monoisotopic (exact) mass is 1570 g/mol. The maximum Gasteiger partial charge on any atom is 0.262 e. The Morgan fingerprint density at radius 2 is 0.672 bits per heavy atom. The van der Waals surface area contributed by atoms with Crippen molar-refractivity contribution < 1.29 is 57.2 Å². The van der Waals surface area contributed by atoms with Gasteiger partial charge in [-0.05, 0) is 183 Å². The zero-order chi connectivity index (χ0) is 79.0. The van der Waals surface area contributed by atoms with Gasteiger partial charge in [0.25, 0.3) is 35.4 Å². The van der Waals surface area contributed by atoms with Crippen molar-refractivity contribution >= 4 is 124 Å². The topological polar surface area (TPSA) is 201 Å². The number of fused-ring (bicyclic) bond motifs is 2. The zero-order valence-corrected chi connectivity index (χ0v) is 65.1. The van der Waals surface area contributed by atoms with Crippen LogP contribution in [-0.2, 0) is 32.2 Å². The smallest absolute Gasteiger partial charge is 0.262 e. The van der Waals surface area contributed by atoms with Crippen LogP contribution < -0.4 is 39.4 Å². The number of amides is 6. The normalized spacial score (nSPS) is 15.3. The lowest BCUT2D eigenvalue weighted by Crippen LogP contribution is -2.49. The standard InChI is InChI=1S/C96H74N6O12S2/c1-55-19-35-65(36-20-55)111-75-45-71-81-72(92(104)101(91(71)103)89(79-17-11-43-115-79)95(107)99(51-59-13-7-5-8-14-59)63-31-27-61(28-32-63)97-49-69-53-109-69)47-77(113-67-39-23-57(3)24-40-67)85-86-78(114-68-41-25-58(4)26-42-68)48-74-82-73(46-76(84(88(82)86)83(75)87(81)85)112-66-37-21-56(2)22-38-66)93(105)102(94(74)106)90(80-18-12-44-116-80)96(108)100(52-60-15-9-6-10-16-60)64-33-29-62(30-34-64)98-50-70-54-110-70/h5-48,69-70,89-90,97-98H,49-54H2,1-4H3. The number of carbonyl (C=O) groups excluding carboxylic acids is 6. The van der Waals surface area contributed by atoms with Crippen molar-refractivity contribution in [1.29, 1.82) is 0 Å². The van der Waals surface area contributed by atoms with Gasteiger partial charge in [-0.25, -0.2) is 0 Å². The summed E-state index contributed by atoms with van der Waals surface area (Å²) in [6.07, 6.45) is 0.220. The molecule has 116 heavy (non-hydrogen) atoms. The first-order valence-corrected chi connectivity index (χ1v) is 40.2. The second-order valence-corrected chi connectivity index (χ2v) is 31.7. The Morgan fingerprint density at radius 1 is 0.379 bits per heavy atom. The Labute approximate surface area is 675 Å². The van der Waals surface area contributed by atoms with E-state index in [2.05, 4.69) is 10.6 Å². The first-order chi connectivity index (χ1) is 56.6. The Morgan fingerprint density at radius 3 is 0.940 bits per heavy atom. The lowest BCUT2D eigenvalue weighted by molar-refractivity contribution is -0.123. The van der Waals surface area contributed by atoms with E-state index >= 15 is 28.8 Å². The molecule has 2 fully saturated rings. The number of anilines is 4. The maximum absolute atomic E-state index is 17.0. The number of imide groups is 2. The van der Waals surface area contributed by atoms with Crippen molar-refractivity contribution in [3.8, 4) is 46.0 Å². The molecule has 2 N–H and O–H groups in total. The van der Waals surface area contributed by atoms with Crippen molar-refractivity contribution in [2.75, 3.05) is 46.7 Å². The van der Waals surface area contributed by atoms with Gasteiger partial charge >= 0.3 is 0 Å². The minimum atomic E-state index is -1.55. The summed E-state index contributed by atoms with van der Waals surface area (Å²) in [6.45, 7) is 10.5. The minimum Gasteiger partial charge on any atom is -0.457 e. The number of aryl methyl sites for hydroxylation is 4. The predicted octanol–water partition coefficient (Wildman–Crippen LogP) is 21.0. The SMILES string of the molecule is Cc1ccc(Oc2cc3c4c(cc(Oc5ccc(C)cc5)c5c6c(Oc7ccc(C)cc7)cc7c8c(cc(Oc9ccc(C)cc9)c(c2c45)c86)C(=O)N(C(C(=O)N(Cc2ccccc2)c2ccc(NCC4CO4)cc2)c2cccs2)C7=O)C(=O)N(C(C(=O)N(Cc2ccccc2)c2ccc(NCC4CO4)cc2)c2cccs2)C3=O)cc1. The lowest BCUT2D eigenvalue weighted by atomic mass is 9.80. The highest BCUT2D eigenvalue weighted by atomic mass is 32.1. The number of rotatable bonds is 26. The molecule has 572 valence electrons. The maximum atomic E-state index is 17.0. The van der Waals surface area contributed by atoms with Crippen molar-refractivity contribution in [3.63, 3.8) is 0 Å². The molecule has 2 aromatic heterocycles. The van der Waals surface area contributed by atoms with Crippen LogP contribution in [0, 0.1) is 27.7 Å². The lowest BCUT2D eigenvalue weighted by Gasteiger charge is -2.37. The first-order valence-electron chi connectivity index (χ1n) is 38.4. The molecule has 0 radical (unpaired) electrons. The summed E-state index contributed by atoms with van der Waals surface area (Å²) >= 11 is 2.48. The van der Waals surface area contributed by atoms with Crippen LogP contribution in [0.1, 0.15) is 96.7 Å². The Hall–Kier alpha value is -13.5. The number of benzene rings is 13. The summed E-state index contributed by atoms with van der Waals surface area (Å²) in [5, 5.41) is 12.6. The van der Waals surface area contributed by atoms with Crippen LogP contribution >= 0.6 is 22.7 Å². The number of hydrogen-bond donors (Lipinski definition) is 2. The molecule has 6 amide bonds. The van der Waals surface area contributed by atoms with E-state index in [1.165, 1.54) is 22.7 Å². The van der Waals surface area contributed by atoms with E-state index in [4.69, 9.17) is 28.4 Å². The van der Waals surface area contributed by atoms with Crippen molar-refractivity contribution in [3.05, 3.63) is 331 Å². The van der Waals surface area contributed by atoms with Gasteiger partial charge in [0.05, 0.1) is 60.8 Å². The minimum absolute atomic E-state index is 0.00145. The van der Waals surface area contributed by atoms with E-state index in [0.29, 0.717) is 92.0 Å². The molecule has 4 aliphatic heterocycles. The molecule has 13 aromatic carbocycles. The summed E-state index contributed by atoms with van der Waals surface area (Å²) in [4.78, 5) is 107. The molecule has 15 aromatic rings. The highest BCUT2D eigenvalue weighted by molar-refractivity contribution is 7.10. The number of ether oxygens (including phenoxy) is 6. The molecule has 19 rings (SSSR count). The van der Waals surface area contributed by atoms with Crippen molar-refractivity contribution in [1.82, 2.24) is 9.80 Å². The molecule has 0 spiro atoms. The molecular weight excluding hydrogens is 1490 g/mol. The van der Waals surface area contributed by atoms with Crippen molar-refractivity contribution in [2.24, 2.45) is 0 Å². The van der Waals surface area contributed by atoms with Gasteiger partial charge in [-0.1, -0.05) is 144 Å². The fourth-order valence-electron chi connectivity index (χ4n) is 15.7. The molecule has 6 heterocycles. The van der Waals surface area contributed by atoms with Crippen LogP contribution in [-0.4, -0.2) is 83.8 Å².